The van der Waals surface area contributed by atoms with Crippen molar-refractivity contribution < 1.29 is 0 Å². The van der Waals surface area contributed by atoms with E-state index in [-0.39, 0.29) is 0 Å². The van der Waals surface area contributed by atoms with Crippen LogP contribution in [0.3, 0.4) is 0 Å². The van der Waals surface area contributed by atoms with Crippen molar-refractivity contribution in [2.24, 2.45) is 0 Å². The maximum absolute atomic E-state index is 10.8. The lowest BCUT2D eigenvalue weighted by Crippen LogP contribution is -2.01. The van der Waals surface area contributed by atoms with Crippen LogP contribution in [0.1, 0.15) is 5.56 Å². The van der Waals surface area contributed by atoms with E-state index >= 15 is 0 Å². The lowest BCUT2D eigenvalue weighted by atomic mass is 9.99. The molecule has 0 N–H and O–H groups in total. The third kappa shape index (κ3) is 7.63. The van der Waals surface area contributed by atoms with Crippen LogP contribution in [0.5, 0.6) is 0 Å². The average Bonchev–Trinajstić information content (AvgIpc) is 4.14. The number of nitriles is 1. The molecule has 0 aliphatic carbocycles. The monoisotopic (exact) mass is 972 g/mol. The highest BCUT2D eigenvalue weighted by atomic mass is 15.0. The Bertz CT molecular complexity index is 4470. The van der Waals surface area contributed by atoms with Crippen LogP contribution in [-0.2, 0) is 0 Å². The van der Waals surface area contributed by atoms with E-state index in [1.54, 1.807) is 0 Å². The molecule has 0 amide bonds. The van der Waals surface area contributed by atoms with E-state index in [2.05, 4.69) is 106 Å². The SMILES string of the molecule is N#Cc1ccc(-n2c3ccccc3c3cc(-c4nc(-c5ccccc5)nc(-c5ccccc5)n4)ccc32)cc1-c1cnccc1-n1c2ccccc2c2cc(-c3nc(-c4ccccc4)nc(-c4ccccc4)n3)ccc21. The van der Waals surface area contributed by atoms with E-state index in [0.29, 0.717) is 40.5 Å². The molecule has 0 spiro atoms. The summed E-state index contributed by atoms with van der Waals surface area (Å²) < 4.78 is 4.54. The third-order valence-corrected chi connectivity index (χ3v) is 14.0. The first-order valence-electron chi connectivity index (χ1n) is 24.9. The fraction of sp³-hybridized carbons (Fsp3) is 0. The number of hydrogen-bond acceptors (Lipinski definition) is 8. The number of nitrogens with zero attached hydrogens (tertiary/aromatic N) is 10. The number of para-hydroxylation sites is 2. The van der Waals surface area contributed by atoms with Crippen LogP contribution in [0, 0.1) is 11.3 Å². The first-order valence-corrected chi connectivity index (χ1v) is 24.9. The molecule has 0 fully saturated rings. The number of hydrogen-bond donors (Lipinski definition) is 0. The maximum atomic E-state index is 10.8. The van der Waals surface area contributed by atoms with Gasteiger partial charge in [0.25, 0.3) is 0 Å². The standard InChI is InChI=1S/C66H40N10/c67-40-48-29-32-49(75-56-27-15-13-25-50(56)53-37-46(30-33-58(53)75)65-71-61(42-17-5-1-6-18-42)69-62(72-65)43-19-7-2-8-20-43)39-52(48)55-41-68-36-35-60(55)76-57-28-16-14-26-51(57)54-38-47(31-34-59(54)76)66-73-63(44-21-9-3-10-22-44)70-64(74-66)45-23-11-4-12-24-45/h1-39,41H. The van der Waals surface area contributed by atoms with Crippen molar-refractivity contribution in [3.8, 4) is 96.9 Å². The van der Waals surface area contributed by atoms with Crippen molar-refractivity contribution in [1.29, 1.82) is 5.26 Å². The molecule has 0 unspecified atom stereocenters. The Balaban J connectivity index is 0.904. The zero-order chi connectivity index (χ0) is 50.5. The normalized spacial score (nSPS) is 11.4. The predicted molar refractivity (Wildman–Crippen MR) is 302 cm³/mol. The molecule has 10 nitrogen and oxygen atoms in total. The molecule has 10 heteroatoms. The molecular formula is C66H40N10. The summed E-state index contributed by atoms with van der Waals surface area (Å²) in [5.41, 5.74) is 13.3. The summed E-state index contributed by atoms with van der Waals surface area (Å²) in [6.07, 6.45) is 3.68. The van der Waals surface area contributed by atoms with Crippen molar-refractivity contribution in [3.63, 3.8) is 0 Å². The molecule has 76 heavy (non-hydrogen) atoms. The van der Waals surface area contributed by atoms with E-state index in [9.17, 15) is 5.26 Å². The minimum absolute atomic E-state index is 0.528. The minimum atomic E-state index is 0.528. The van der Waals surface area contributed by atoms with Gasteiger partial charge in [-0.1, -0.05) is 158 Å². The van der Waals surface area contributed by atoms with Gasteiger partial charge in [-0.3, -0.25) is 4.98 Å². The Kier molecular flexibility index (Phi) is 10.6. The highest BCUT2D eigenvalue weighted by Crippen LogP contribution is 2.41. The second-order valence-corrected chi connectivity index (χ2v) is 18.5. The zero-order valence-electron chi connectivity index (χ0n) is 40.6. The predicted octanol–water partition coefficient (Wildman–Crippen LogP) is 15.2. The van der Waals surface area contributed by atoms with Gasteiger partial charge in [-0.15, -0.1) is 0 Å². The zero-order valence-corrected chi connectivity index (χ0v) is 40.6. The number of benzene rings is 9. The molecule has 14 rings (SSSR count). The molecule has 9 aromatic carbocycles. The Morgan fingerprint density at radius 2 is 0.711 bits per heavy atom. The van der Waals surface area contributed by atoms with Gasteiger partial charge in [0.1, 0.15) is 0 Å². The van der Waals surface area contributed by atoms with Gasteiger partial charge in [0.05, 0.1) is 39.4 Å². The van der Waals surface area contributed by atoms with Gasteiger partial charge in [0.2, 0.25) is 0 Å². The first-order chi connectivity index (χ1) is 37.6. The average molecular weight is 973 g/mol. The highest BCUT2D eigenvalue weighted by Gasteiger charge is 2.22. The number of pyridine rings is 1. The molecule has 5 aromatic heterocycles. The van der Waals surface area contributed by atoms with Gasteiger partial charge >= 0.3 is 0 Å². The Morgan fingerprint density at radius 1 is 0.316 bits per heavy atom. The van der Waals surface area contributed by atoms with Crippen LogP contribution in [0.15, 0.2) is 243 Å². The topological polar surface area (TPSA) is 124 Å². The fourth-order valence-corrected chi connectivity index (χ4v) is 10.4. The van der Waals surface area contributed by atoms with Gasteiger partial charge in [0, 0.05) is 84.1 Å². The number of fused-ring (bicyclic) bond motifs is 6. The van der Waals surface area contributed by atoms with E-state index in [0.717, 1.165) is 99.5 Å². The summed E-state index contributed by atoms with van der Waals surface area (Å²) in [5, 5.41) is 15.0. The molecule has 0 atom stereocenters. The van der Waals surface area contributed by atoms with Gasteiger partial charge in [-0.05, 0) is 72.8 Å². The molecule has 0 radical (unpaired) electrons. The lowest BCUT2D eigenvalue weighted by Gasteiger charge is -2.16. The minimum Gasteiger partial charge on any atom is -0.309 e. The van der Waals surface area contributed by atoms with E-state index in [1.807, 2.05) is 152 Å². The van der Waals surface area contributed by atoms with Crippen molar-refractivity contribution in [1.82, 2.24) is 44.0 Å². The second kappa shape index (κ2) is 18.4. The van der Waals surface area contributed by atoms with Crippen LogP contribution >= 0.6 is 0 Å². The van der Waals surface area contributed by atoms with Gasteiger partial charge in [-0.2, -0.15) is 5.26 Å². The van der Waals surface area contributed by atoms with Gasteiger partial charge in [0.15, 0.2) is 34.9 Å². The Hall–Kier alpha value is -10.8. The summed E-state index contributed by atoms with van der Waals surface area (Å²) in [5.74, 6) is 3.57. The lowest BCUT2D eigenvalue weighted by molar-refractivity contribution is 1.07. The summed E-state index contributed by atoms with van der Waals surface area (Å²) in [7, 11) is 0. The third-order valence-electron chi connectivity index (χ3n) is 14.0. The maximum Gasteiger partial charge on any atom is 0.164 e. The van der Waals surface area contributed by atoms with Crippen LogP contribution in [0.25, 0.3) is 134 Å². The number of rotatable bonds is 9. The Labute approximate surface area is 436 Å². The van der Waals surface area contributed by atoms with Crippen molar-refractivity contribution in [2.45, 2.75) is 0 Å². The number of aromatic nitrogens is 9. The molecule has 0 saturated carbocycles. The summed E-state index contributed by atoms with van der Waals surface area (Å²) in [6, 6.07) is 80.3. The Morgan fingerprint density at radius 3 is 1.17 bits per heavy atom. The van der Waals surface area contributed by atoms with E-state index < -0.39 is 0 Å². The van der Waals surface area contributed by atoms with E-state index in [4.69, 9.17) is 34.9 Å². The van der Waals surface area contributed by atoms with Crippen LogP contribution in [-0.4, -0.2) is 44.0 Å². The molecule has 0 aliphatic heterocycles. The summed E-state index contributed by atoms with van der Waals surface area (Å²) in [4.78, 5) is 34.8. The van der Waals surface area contributed by atoms with Crippen LogP contribution in [0.2, 0.25) is 0 Å². The van der Waals surface area contributed by atoms with Crippen LogP contribution in [0.4, 0.5) is 0 Å². The van der Waals surface area contributed by atoms with Gasteiger partial charge in [-0.25, -0.2) is 29.9 Å². The second-order valence-electron chi connectivity index (χ2n) is 18.5. The molecule has 354 valence electrons. The molecule has 0 saturated heterocycles. The molecular weight excluding hydrogens is 933 g/mol. The summed E-state index contributed by atoms with van der Waals surface area (Å²) >= 11 is 0. The smallest absolute Gasteiger partial charge is 0.164 e. The largest absolute Gasteiger partial charge is 0.309 e. The fourth-order valence-electron chi connectivity index (χ4n) is 10.4. The molecule has 14 aromatic rings. The first kappa shape index (κ1) is 44.0. The van der Waals surface area contributed by atoms with Crippen molar-refractivity contribution in [3.05, 3.63) is 248 Å². The van der Waals surface area contributed by atoms with E-state index in [1.165, 1.54) is 0 Å². The highest BCUT2D eigenvalue weighted by molar-refractivity contribution is 6.12. The molecule has 5 heterocycles. The quantitative estimate of drug-likeness (QED) is 0.140. The molecule has 0 bridgehead atoms. The van der Waals surface area contributed by atoms with Gasteiger partial charge < -0.3 is 9.13 Å². The summed E-state index contributed by atoms with van der Waals surface area (Å²) in [6.45, 7) is 0. The van der Waals surface area contributed by atoms with Crippen LogP contribution < -0.4 is 0 Å². The molecule has 0 aliphatic rings. The van der Waals surface area contributed by atoms with Crippen molar-refractivity contribution >= 4 is 43.6 Å². The van der Waals surface area contributed by atoms with Crippen molar-refractivity contribution in [2.75, 3.05) is 0 Å².